The SMILES string of the molecule is CCN(c1cc(OC)ncn1)C(C)CC(=O)O. The Balaban J connectivity index is 2.88. The molecule has 1 aromatic rings. The van der Waals surface area contributed by atoms with Crippen LogP contribution in [-0.4, -0.2) is 40.7 Å². The summed E-state index contributed by atoms with van der Waals surface area (Å²) in [5.41, 5.74) is 0. The molecule has 1 heterocycles. The molecule has 0 aliphatic rings. The number of hydrogen-bond acceptors (Lipinski definition) is 5. The molecule has 1 aromatic heterocycles. The van der Waals surface area contributed by atoms with Gasteiger partial charge in [0.2, 0.25) is 5.88 Å². The first-order chi connectivity index (χ1) is 8.08. The normalized spacial score (nSPS) is 11.9. The van der Waals surface area contributed by atoms with Crippen LogP contribution in [0.1, 0.15) is 20.3 Å². The first-order valence-electron chi connectivity index (χ1n) is 5.43. The van der Waals surface area contributed by atoms with Crippen molar-refractivity contribution in [2.24, 2.45) is 0 Å². The predicted molar refractivity (Wildman–Crippen MR) is 63.3 cm³/mol. The quantitative estimate of drug-likeness (QED) is 0.803. The van der Waals surface area contributed by atoms with E-state index in [1.54, 1.807) is 6.07 Å². The van der Waals surface area contributed by atoms with E-state index in [1.807, 2.05) is 18.7 Å². The monoisotopic (exact) mass is 239 g/mol. The summed E-state index contributed by atoms with van der Waals surface area (Å²) in [4.78, 5) is 20.6. The van der Waals surface area contributed by atoms with Crippen molar-refractivity contribution >= 4 is 11.8 Å². The molecule has 6 heteroatoms. The highest BCUT2D eigenvalue weighted by Gasteiger charge is 2.17. The highest BCUT2D eigenvalue weighted by molar-refractivity contribution is 5.68. The van der Waals surface area contributed by atoms with Crippen LogP contribution < -0.4 is 9.64 Å². The van der Waals surface area contributed by atoms with Crippen LogP contribution in [0.15, 0.2) is 12.4 Å². The average molecular weight is 239 g/mol. The van der Waals surface area contributed by atoms with Crippen LogP contribution in [0.4, 0.5) is 5.82 Å². The third kappa shape index (κ3) is 3.58. The van der Waals surface area contributed by atoms with Gasteiger partial charge in [0, 0.05) is 18.7 Å². The van der Waals surface area contributed by atoms with Crippen molar-refractivity contribution in [2.45, 2.75) is 26.3 Å². The van der Waals surface area contributed by atoms with Crippen LogP contribution in [0.25, 0.3) is 0 Å². The molecule has 6 nitrogen and oxygen atoms in total. The van der Waals surface area contributed by atoms with Crippen LogP contribution >= 0.6 is 0 Å². The molecule has 0 aliphatic carbocycles. The molecule has 0 spiro atoms. The maximum Gasteiger partial charge on any atom is 0.305 e. The molecular weight excluding hydrogens is 222 g/mol. The van der Waals surface area contributed by atoms with Crippen LogP contribution in [0.3, 0.4) is 0 Å². The molecule has 1 N–H and O–H groups in total. The molecule has 0 saturated heterocycles. The van der Waals surface area contributed by atoms with Gasteiger partial charge in [-0.3, -0.25) is 4.79 Å². The van der Waals surface area contributed by atoms with Crippen LogP contribution in [0.5, 0.6) is 5.88 Å². The van der Waals surface area contributed by atoms with E-state index in [0.717, 1.165) is 0 Å². The number of ether oxygens (including phenoxy) is 1. The van der Waals surface area contributed by atoms with E-state index in [9.17, 15) is 4.79 Å². The number of carbonyl (C=O) groups is 1. The van der Waals surface area contributed by atoms with E-state index in [1.165, 1.54) is 13.4 Å². The number of carboxylic acids is 1. The third-order valence-corrected chi connectivity index (χ3v) is 2.47. The summed E-state index contributed by atoms with van der Waals surface area (Å²) in [5, 5.41) is 8.79. The smallest absolute Gasteiger partial charge is 0.305 e. The summed E-state index contributed by atoms with van der Waals surface area (Å²) >= 11 is 0. The molecule has 1 unspecified atom stereocenters. The van der Waals surface area contributed by atoms with E-state index in [0.29, 0.717) is 18.2 Å². The van der Waals surface area contributed by atoms with E-state index in [4.69, 9.17) is 9.84 Å². The number of anilines is 1. The molecule has 0 amide bonds. The van der Waals surface area contributed by atoms with Gasteiger partial charge in [0.05, 0.1) is 13.5 Å². The van der Waals surface area contributed by atoms with Crippen molar-refractivity contribution in [3.05, 3.63) is 12.4 Å². The Morgan fingerprint density at radius 2 is 2.29 bits per heavy atom. The lowest BCUT2D eigenvalue weighted by molar-refractivity contribution is -0.137. The highest BCUT2D eigenvalue weighted by atomic mass is 16.5. The van der Waals surface area contributed by atoms with Crippen LogP contribution in [0, 0.1) is 0 Å². The first-order valence-corrected chi connectivity index (χ1v) is 5.43. The minimum atomic E-state index is -0.822. The number of hydrogen-bond donors (Lipinski definition) is 1. The molecule has 1 rings (SSSR count). The van der Waals surface area contributed by atoms with Gasteiger partial charge in [0.1, 0.15) is 12.1 Å². The lowest BCUT2D eigenvalue weighted by Gasteiger charge is -2.27. The van der Waals surface area contributed by atoms with Gasteiger partial charge < -0.3 is 14.7 Å². The Kier molecular flexibility index (Phi) is 4.68. The first kappa shape index (κ1) is 13.2. The standard InChI is InChI=1S/C11H17N3O3/c1-4-14(8(2)5-11(15)16)9-6-10(17-3)13-7-12-9/h6-8H,4-5H2,1-3H3,(H,15,16). The number of carboxylic acid groups (broad SMARTS) is 1. The Labute approximate surface area is 100 Å². The van der Waals surface area contributed by atoms with Gasteiger partial charge in [-0.25, -0.2) is 9.97 Å². The molecule has 0 radical (unpaired) electrons. The molecule has 0 fully saturated rings. The summed E-state index contributed by atoms with van der Waals surface area (Å²) in [7, 11) is 1.53. The van der Waals surface area contributed by atoms with Gasteiger partial charge in [0.25, 0.3) is 0 Å². The summed E-state index contributed by atoms with van der Waals surface area (Å²) in [6.45, 7) is 4.48. The van der Waals surface area contributed by atoms with E-state index < -0.39 is 5.97 Å². The minimum Gasteiger partial charge on any atom is -0.481 e. The minimum absolute atomic E-state index is 0.0696. The fourth-order valence-electron chi connectivity index (χ4n) is 1.66. The van der Waals surface area contributed by atoms with E-state index in [2.05, 4.69) is 9.97 Å². The van der Waals surface area contributed by atoms with Crippen molar-refractivity contribution in [1.82, 2.24) is 9.97 Å². The molecule has 0 aliphatic heterocycles. The Morgan fingerprint density at radius 3 is 2.82 bits per heavy atom. The van der Waals surface area contributed by atoms with Gasteiger partial charge >= 0.3 is 5.97 Å². The maximum absolute atomic E-state index is 10.7. The zero-order valence-corrected chi connectivity index (χ0v) is 10.3. The average Bonchev–Trinajstić information content (AvgIpc) is 2.29. The van der Waals surface area contributed by atoms with E-state index in [-0.39, 0.29) is 12.5 Å². The molecule has 0 saturated carbocycles. The zero-order chi connectivity index (χ0) is 12.8. The van der Waals surface area contributed by atoms with Crippen LogP contribution in [-0.2, 0) is 4.79 Å². The van der Waals surface area contributed by atoms with Crippen molar-refractivity contribution in [3.63, 3.8) is 0 Å². The largest absolute Gasteiger partial charge is 0.481 e. The molecular formula is C11H17N3O3. The molecule has 17 heavy (non-hydrogen) atoms. The Bertz CT molecular complexity index is 384. The summed E-state index contributed by atoms with van der Waals surface area (Å²) in [6.07, 6.45) is 1.48. The fourth-order valence-corrected chi connectivity index (χ4v) is 1.66. The summed E-state index contributed by atoms with van der Waals surface area (Å²) in [5.74, 6) is 0.320. The topological polar surface area (TPSA) is 75.5 Å². The van der Waals surface area contributed by atoms with Crippen LogP contribution in [0.2, 0.25) is 0 Å². The predicted octanol–water partition coefficient (Wildman–Crippen LogP) is 1.17. The number of nitrogens with zero attached hydrogens (tertiary/aromatic N) is 3. The summed E-state index contributed by atoms with van der Waals surface area (Å²) in [6, 6.07) is 1.57. The zero-order valence-electron chi connectivity index (χ0n) is 10.3. The Morgan fingerprint density at radius 1 is 1.59 bits per heavy atom. The molecule has 0 bridgehead atoms. The maximum atomic E-state index is 10.7. The van der Waals surface area contributed by atoms with Gasteiger partial charge in [-0.1, -0.05) is 0 Å². The lowest BCUT2D eigenvalue weighted by Crippen LogP contribution is -2.35. The van der Waals surface area contributed by atoms with Crippen molar-refractivity contribution < 1.29 is 14.6 Å². The van der Waals surface area contributed by atoms with Crippen molar-refractivity contribution in [3.8, 4) is 5.88 Å². The molecule has 0 aromatic carbocycles. The molecule has 1 atom stereocenters. The Hall–Kier alpha value is -1.85. The van der Waals surface area contributed by atoms with Gasteiger partial charge in [-0.15, -0.1) is 0 Å². The fraction of sp³-hybridized carbons (Fsp3) is 0.545. The van der Waals surface area contributed by atoms with Crippen molar-refractivity contribution in [2.75, 3.05) is 18.6 Å². The van der Waals surface area contributed by atoms with Gasteiger partial charge in [0.15, 0.2) is 0 Å². The number of methoxy groups -OCH3 is 1. The second-order valence-electron chi connectivity index (χ2n) is 3.65. The lowest BCUT2D eigenvalue weighted by atomic mass is 10.2. The van der Waals surface area contributed by atoms with Crippen molar-refractivity contribution in [1.29, 1.82) is 0 Å². The second-order valence-corrected chi connectivity index (χ2v) is 3.65. The second kappa shape index (κ2) is 6.03. The van der Waals surface area contributed by atoms with Gasteiger partial charge in [-0.05, 0) is 13.8 Å². The number of aromatic nitrogens is 2. The highest BCUT2D eigenvalue weighted by Crippen LogP contribution is 2.18. The van der Waals surface area contributed by atoms with E-state index >= 15 is 0 Å². The summed E-state index contributed by atoms with van der Waals surface area (Å²) < 4.78 is 5.02. The van der Waals surface area contributed by atoms with Gasteiger partial charge in [-0.2, -0.15) is 0 Å². The number of rotatable bonds is 6. The number of aliphatic carboxylic acids is 1. The third-order valence-electron chi connectivity index (χ3n) is 2.47. The molecule has 94 valence electrons.